The van der Waals surface area contributed by atoms with Crippen LogP contribution in [0.25, 0.3) is 11.5 Å². The summed E-state index contributed by atoms with van der Waals surface area (Å²) in [4.78, 5) is 25.7. The second-order valence-electron chi connectivity index (χ2n) is 7.71. The maximum absolute atomic E-state index is 12.5. The summed E-state index contributed by atoms with van der Waals surface area (Å²) < 4.78 is 11.2. The number of para-hydroxylation sites is 1. The van der Waals surface area contributed by atoms with E-state index in [2.05, 4.69) is 47.7 Å². The van der Waals surface area contributed by atoms with Crippen LogP contribution < -0.4 is 20.7 Å². The number of allylic oxidation sites excluding steroid dienone is 1. The molecule has 3 rings (SSSR count). The molecule has 0 atom stereocenters. The Balaban J connectivity index is 1.90. The molecule has 0 aliphatic carbocycles. The Morgan fingerprint density at radius 1 is 1.25 bits per heavy atom. The van der Waals surface area contributed by atoms with Gasteiger partial charge >= 0.3 is 0 Å². The maximum Gasteiger partial charge on any atom is 0.254 e. The molecule has 2 aromatic heterocycles. The van der Waals surface area contributed by atoms with Gasteiger partial charge in [0.25, 0.3) is 11.8 Å². The first-order chi connectivity index (χ1) is 17.4. The number of aliphatic imine (C=N–C) groups is 2. The number of anilines is 3. The van der Waals surface area contributed by atoms with Crippen molar-refractivity contribution >= 4 is 34.6 Å². The smallest absolute Gasteiger partial charge is 0.254 e. The molecule has 36 heavy (non-hydrogen) atoms. The number of hydrogen-bond donors (Lipinski definition) is 3. The van der Waals surface area contributed by atoms with Crippen LogP contribution in [0.4, 0.5) is 17.2 Å². The number of nitrogens with one attached hydrogen (secondary N) is 3. The number of hydrogen-bond acceptors (Lipinski definition) is 9. The molecule has 2 heterocycles. The number of amidine groups is 1. The highest BCUT2D eigenvalue weighted by Crippen LogP contribution is 2.38. The molecule has 0 radical (unpaired) electrons. The van der Waals surface area contributed by atoms with E-state index in [9.17, 15) is 4.79 Å². The van der Waals surface area contributed by atoms with Crippen LogP contribution in [-0.4, -0.2) is 53.5 Å². The number of methoxy groups -OCH3 is 1. The molecule has 0 spiro atoms. The van der Waals surface area contributed by atoms with Gasteiger partial charge in [0.15, 0.2) is 5.75 Å². The molecule has 3 N–H and O–H groups in total. The van der Waals surface area contributed by atoms with E-state index in [0.717, 1.165) is 5.71 Å². The third-order valence-corrected chi connectivity index (χ3v) is 4.98. The van der Waals surface area contributed by atoms with Crippen LogP contribution in [0.5, 0.6) is 5.75 Å². The lowest BCUT2D eigenvalue weighted by Gasteiger charge is -2.16. The summed E-state index contributed by atoms with van der Waals surface area (Å²) in [5.41, 5.74) is 3.03. The van der Waals surface area contributed by atoms with Crippen molar-refractivity contribution in [1.82, 2.24) is 20.5 Å². The minimum absolute atomic E-state index is 0.262. The molecule has 1 amide bonds. The van der Waals surface area contributed by atoms with Gasteiger partial charge in [-0.1, -0.05) is 12.1 Å². The predicted octanol–water partition coefficient (Wildman–Crippen LogP) is 4.38. The number of ether oxygens (including phenoxy) is 1. The van der Waals surface area contributed by atoms with Crippen LogP contribution in [0.1, 0.15) is 36.5 Å². The highest BCUT2D eigenvalue weighted by molar-refractivity contribution is 6.00. The molecule has 0 aliphatic rings. The summed E-state index contributed by atoms with van der Waals surface area (Å²) in [6.45, 7) is 9.44. The molecule has 0 bridgehead atoms. The maximum atomic E-state index is 12.5. The quantitative estimate of drug-likeness (QED) is 0.216. The fourth-order valence-corrected chi connectivity index (χ4v) is 3.35. The van der Waals surface area contributed by atoms with Gasteiger partial charge in [0.1, 0.15) is 18.3 Å². The van der Waals surface area contributed by atoms with Gasteiger partial charge in [0, 0.05) is 38.4 Å². The van der Waals surface area contributed by atoms with E-state index in [-0.39, 0.29) is 12.6 Å². The highest BCUT2D eigenvalue weighted by Gasteiger charge is 2.18. The number of pyridine rings is 1. The molecule has 11 nitrogen and oxygen atoms in total. The number of aryl methyl sites for hydroxylation is 1. The molecule has 11 heteroatoms. The zero-order valence-corrected chi connectivity index (χ0v) is 21.0. The average molecular weight is 491 g/mol. The molecule has 188 valence electrons. The van der Waals surface area contributed by atoms with Crippen LogP contribution in [0, 0.1) is 6.92 Å². The van der Waals surface area contributed by atoms with Crippen LogP contribution in [0.2, 0.25) is 0 Å². The predicted molar refractivity (Wildman–Crippen MR) is 141 cm³/mol. The summed E-state index contributed by atoms with van der Waals surface area (Å²) in [6, 6.07) is 7.19. The Kier molecular flexibility index (Phi) is 8.87. The SMILES string of the molecule is C=CCC(C)=NC(C)=NCNc1cc(Nc2cccc(-c3nnc(C)o3)c2OC)c(C(=O)NC)cn1. The van der Waals surface area contributed by atoms with Crippen molar-refractivity contribution < 1.29 is 13.9 Å². The normalized spacial score (nSPS) is 11.7. The second-order valence-corrected chi connectivity index (χ2v) is 7.71. The molecular weight excluding hydrogens is 460 g/mol. The van der Waals surface area contributed by atoms with E-state index in [1.54, 1.807) is 33.2 Å². The number of aromatic nitrogens is 3. The Morgan fingerprint density at radius 2 is 2.06 bits per heavy atom. The largest absolute Gasteiger partial charge is 0.494 e. The standard InChI is InChI=1S/C25H30N8O3/c1-7-9-15(2)30-16(3)28-14-29-22-12-21(19(13-27-22)24(34)26-5)31-20-11-8-10-18(23(20)35-6)25-33-32-17(4)36-25/h7-8,10-13H,1,9,14H2,2-6H3,(H,26,34)(H2,27,29,31). The van der Waals surface area contributed by atoms with Crippen molar-refractivity contribution in [1.29, 1.82) is 0 Å². The minimum atomic E-state index is -0.292. The van der Waals surface area contributed by atoms with Crippen molar-refractivity contribution in [2.75, 3.05) is 31.5 Å². The molecule has 0 unspecified atom stereocenters. The van der Waals surface area contributed by atoms with E-state index in [0.29, 0.717) is 58.1 Å². The van der Waals surface area contributed by atoms with Crippen molar-refractivity contribution in [3.05, 3.63) is 54.6 Å². The van der Waals surface area contributed by atoms with Gasteiger partial charge in [-0.25, -0.2) is 15.0 Å². The van der Waals surface area contributed by atoms with Gasteiger partial charge in [0.05, 0.1) is 29.6 Å². The number of nitrogens with zero attached hydrogens (tertiary/aromatic N) is 5. The van der Waals surface area contributed by atoms with E-state index in [1.165, 1.54) is 6.20 Å². The first-order valence-electron chi connectivity index (χ1n) is 11.2. The summed E-state index contributed by atoms with van der Waals surface area (Å²) in [5.74, 6) is 2.13. The van der Waals surface area contributed by atoms with E-state index >= 15 is 0 Å². The lowest BCUT2D eigenvalue weighted by atomic mass is 10.1. The number of rotatable bonds is 10. The third kappa shape index (κ3) is 6.53. The molecule has 1 aromatic carbocycles. The molecule has 0 aliphatic heterocycles. The van der Waals surface area contributed by atoms with Crippen LogP contribution in [-0.2, 0) is 0 Å². The topological polar surface area (TPSA) is 139 Å². The lowest BCUT2D eigenvalue weighted by Crippen LogP contribution is -2.20. The zero-order chi connectivity index (χ0) is 26.1. The first-order valence-corrected chi connectivity index (χ1v) is 11.2. The summed E-state index contributed by atoms with van der Waals surface area (Å²) in [6.07, 6.45) is 3.99. The van der Waals surface area contributed by atoms with Crippen molar-refractivity contribution in [3.8, 4) is 17.2 Å². The lowest BCUT2D eigenvalue weighted by molar-refractivity contribution is 0.0963. The highest BCUT2D eigenvalue weighted by atomic mass is 16.5. The van der Waals surface area contributed by atoms with Crippen LogP contribution in [0.15, 0.2) is 57.5 Å². The van der Waals surface area contributed by atoms with Gasteiger partial charge < -0.3 is 25.1 Å². The average Bonchev–Trinajstić information content (AvgIpc) is 3.29. The van der Waals surface area contributed by atoms with Crippen molar-refractivity contribution in [2.24, 2.45) is 9.98 Å². The Hall–Kier alpha value is -4.54. The van der Waals surface area contributed by atoms with Crippen LogP contribution >= 0.6 is 0 Å². The Bertz CT molecular complexity index is 1300. The summed E-state index contributed by atoms with van der Waals surface area (Å²) >= 11 is 0. The van der Waals surface area contributed by atoms with Crippen molar-refractivity contribution in [3.63, 3.8) is 0 Å². The summed E-state index contributed by atoms with van der Waals surface area (Å²) in [5, 5.41) is 17.0. The number of carbonyl (C=O) groups is 1. The van der Waals surface area contributed by atoms with E-state index in [4.69, 9.17) is 9.15 Å². The van der Waals surface area contributed by atoms with E-state index in [1.807, 2.05) is 32.0 Å². The van der Waals surface area contributed by atoms with E-state index < -0.39 is 0 Å². The van der Waals surface area contributed by atoms with Gasteiger partial charge in [-0.15, -0.1) is 16.8 Å². The zero-order valence-electron chi connectivity index (χ0n) is 21.0. The Labute approximate surface area is 209 Å². The monoisotopic (exact) mass is 490 g/mol. The minimum Gasteiger partial charge on any atom is -0.494 e. The number of carbonyl (C=O) groups excluding carboxylic acids is 1. The number of benzene rings is 1. The fourth-order valence-electron chi connectivity index (χ4n) is 3.35. The fraction of sp³-hybridized carbons (Fsp3) is 0.280. The van der Waals surface area contributed by atoms with Gasteiger partial charge in [-0.05, 0) is 26.0 Å². The van der Waals surface area contributed by atoms with Gasteiger partial charge in [0.2, 0.25) is 5.89 Å². The van der Waals surface area contributed by atoms with Gasteiger partial charge in [-0.2, -0.15) is 0 Å². The molecule has 0 saturated heterocycles. The van der Waals surface area contributed by atoms with Crippen molar-refractivity contribution in [2.45, 2.75) is 27.2 Å². The molecule has 0 fully saturated rings. The molecular formula is C25H30N8O3. The van der Waals surface area contributed by atoms with Crippen LogP contribution in [0.3, 0.4) is 0 Å². The summed E-state index contributed by atoms with van der Waals surface area (Å²) in [7, 11) is 3.11. The molecule has 3 aromatic rings. The number of amides is 1. The first kappa shape index (κ1) is 26.1. The second kappa shape index (κ2) is 12.2. The molecule has 0 saturated carbocycles. The Morgan fingerprint density at radius 3 is 2.72 bits per heavy atom. The van der Waals surface area contributed by atoms with Gasteiger partial charge in [-0.3, -0.25) is 4.79 Å². The third-order valence-electron chi connectivity index (χ3n) is 4.98.